The fourth-order valence-electron chi connectivity index (χ4n) is 1.31. The molecule has 19 heavy (non-hydrogen) atoms. The maximum absolute atomic E-state index is 10.6. The number of aromatic nitrogens is 2. The maximum atomic E-state index is 10.6. The van der Waals surface area contributed by atoms with Gasteiger partial charge >= 0.3 is 6.01 Å². The molecule has 2 rings (SSSR count). The minimum absolute atomic E-state index is 0.0341. The van der Waals surface area contributed by atoms with E-state index in [1.165, 1.54) is 36.5 Å². The fourth-order valence-corrected chi connectivity index (χ4v) is 1.31. The Labute approximate surface area is 107 Å². The quantitative estimate of drug-likeness (QED) is 0.370. The van der Waals surface area contributed by atoms with Crippen LogP contribution < -0.4 is 10.5 Å². The van der Waals surface area contributed by atoms with Crippen molar-refractivity contribution in [1.82, 2.24) is 9.97 Å². The van der Waals surface area contributed by atoms with Gasteiger partial charge in [-0.1, -0.05) is 6.07 Å². The van der Waals surface area contributed by atoms with Crippen molar-refractivity contribution in [3.05, 3.63) is 52.3 Å². The van der Waals surface area contributed by atoms with E-state index >= 15 is 0 Å². The van der Waals surface area contributed by atoms with Gasteiger partial charge in [0.05, 0.1) is 11.0 Å². The highest BCUT2D eigenvalue weighted by atomic mass is 16.6. The largest absolute Gasteiger partial charge is 0.424 e. The van der Waals surface area contributed by atoms with E-state index in [0.717, 1.165) is 0 Å². The number of hydrogen-bond donors (Lipinski definition) is 2. The van der Waals surface area contributed by atoms with E-state index in [1.54, 1.807) is 0 Å². The highest BCUT2D eigenvalue weighted by molar-refractivity contribution is 5.92. The normalized spacial score (nSPS) is 9.89. The van der Waals surface area contributed by atoms with Crippen LogP contribution in [-0.4, -0.2) is 20.7 Å². The van der Waals surface area contributed by atoms with Crippen LogP contribution >= 0.6 is 0 Å². The number of hydrogen-bond acceptors (Lipinski definition) is 6. The number of rotatable bonds is 4. The van der Waals surface area contributed by atoms with Crippen molar-refractivity contribution in [2.75, 3.05) is 0 Å². The predicted molar refractivity (Wildman–Crippen MR) is 66.2 cm³/mol. The van der Waals surface area contributed by atoms with Crippen LogP contribution in [-0.2, 0) is 0 Å². The lowest BCUT2D eigenvalue weighted by Crippen LogP contribution is -2.13. The van der Waals surface area contributed by atoms with Crippen molar-refractivity contribution in [2.24, 2.45) is 5.73 Å². The highest BCUT2D eigenvalue weighted by Gasteiger charge is 2.09. The second-order valence-corrected chi connectivity index (χ2v) is 3.49. The van der Waals surface area contributed by atoms with Gasteiger partial charge in [0.15, 0.2) is 0 Å². The molecule has 0 radical (unpaired) electrons. The molecule has 2 aromatic rings. The lowest BCUT2D eigenvalue weighted by Gasteiger charge is -2.04. The van der Waals surface area contributed by atoms with Crippen LogP contribution in [0.5, 0.6) is 11.8 Å². The molecule has 0 unspecified atom stereocenters. The van der Waals surface area contributed by atoms with Crippen LogP contribution in [0.1, 0.15) is 5.69 Å². The summed E-state index contributed by atoms with van der Waals surface area (Å²) in [5, 5.41) is 17.9. The summed E-state index contributed by atoms with van der Waals surface area (Å²) in [6, 6.07) is 7.05. The molecule has 0 aliphatic rings. The number of nitro groups is 1. The van der Waals surface area contributed by atoms with Crippen molar-refractivity contribution in [1.29, 1.82) is 5.41 Å². The second kappa shape index (κ2) is 5.08. The third-order valence-electron chi connectivity index (χ3n) is 2.15. The number of nitrogens with two attached hydrogens (primary N) is 1. The minimum atomic E-state index is -0.528. The average molecular weight is 259 g/mol. The third-order valence-corrected chi connectivity index (χ3v) is 2.15. The molecule has 0 saturated heterocycles. The highest BCUT2D eigenvalue weighted by Crippen LogP contribution is 2.22. The van der Waals surface area contributed by atoms with Gasteiger partial charge in [0.1, 0.15) is 17.3 Å². The molecular weight excluding hydrogens is 250 g/mol. The number of nitrogen functional groups attached to an aromatic ring is 1. The standard InChI is InChI=1S/C11H9N5O3/c12-10(13)9-4-5-14-11(15-9)19-8-3-1-2-7(6-8)16(17)18/h1-6H,(H3,12,13). The monoisotopic (exact) mass is 259 g/mol. The van der Waals surface area contributed by atoms with E-state index in [1.807, 2.05) is 0 Å². The zero-order chi connectivity index (χ0) is 13.8. The van der Waals surface area contributed by atoms with E-state index in [9.17, 15) is 10.1 Å². The van der Waals surface area contributed by atoms with Crippen molar-refractivity contribution in [2.45, 2.75) is 0 Å². The van der Waals surface area contributed by atoms with E-state index in [0.29, 0.717) is 0 Å². The number of ether oxygens (including phenoxy) is 1. The Morgan fingerprint density at radius 2 is 2.21 bits per heavy atom. The van der Waals surface area contributed by atoms with Gasteiger partial charge in [-0.25, -0.2) is 4.98 Å². The molecule has 0 saturated carbocycles. The molecule has 1 heterocycles. The molecule has 96 valence electrons. The Balaban J connectivity index is 2.26. The first-order chi connectivity index (χ1) is 9.06. The Hall–Kier alpha value is -3.03. The topological polar surface area (TPSA) is 128 Å². The maximum Gasteiger partial charge on any atom is 0.322 e. The Bertz CT molecular complexity index is 588. The number of nitro benzene ring substituents is 1. The molecule has 8 heteroatoms. The summed E-state index contributed by atoms with van der Waals surface area (Å²) in [5.74, 6) is 0.0150. The number of non-ortho nitro benzene ring substituents is 1. The first-order valence-corrected chi connectivity index (χ1v) is 5.16. The smallest absolute Gasteiger partial charge is 0.322 e. The van der Waals surface area contributed by atoms with Crippen LogP contribution in [0.4, 0.5) is 5.69 Å². The van der Waals surface area contributed by atoms with E-state index in [2.05, 4.69) is 9.97 Å². The third kappa shape index (κ3) is 3.00. The van der Waals surface area contributed by atoms with E-state index < -0.39 is 4.92 Å². The van der Waals surface area contributed by atoms with E-state index in [-0.39, 0.29) is 29.0 Å². The number of benzene rings is 1. The van der Waals surface area contributed by atoms with Crippen LogP contribution in [0.15, 0.2) is 36.5 Å². The zero-order valence-electron chi connectivity index (χ0n) is 9.61. The molecule has 0 aliphatic heterocycles. The van der Waals surface area contributed by atoms with Crippen LogP contribution in [0, 0.1) is 15.5 Å². The average Bonchev–Trinajstić information content (AvgIpc) is 2.39. The predicted octanol–water partition coefficient (Wildman–Crippen LogP) is 1.46. The van der Waals surface area contributed by atoms with Gasteiger partial charge in [-0.3, -0.25) is 15.5 Å². The summed E-state index contributed by atoms with van der Waals surface area (Å²) in [4.78, 5) is 17.8. The van der Waals surface area contributed by atoms with Crippen molar-refractivity contribution >= 4 is 11.5 Å². The summed E-state index contributed by atoms with van der Waals surface area (Å²) in [6.45, 7) is 0. The number of nitrogens with one attached hydrogen (secondary N) is 1. The fraction of sp³-hybridized carbons (Fsp3) is 0. The number of amidine groups is 1. The molecular formula is C11H9N5O3. The van der Waals surface area contributed by atoms with Crippen LogP contribution in [0.3, 0.4) is 0 Å². The van der Waals surface area contributed by atoms with Gasteiger partial charge < -0.3 is 10.5 Å². The van der Waals surface area contributed by atoms with Gasteiger partial charge in [0.2, 0.25) is 0 Å². The molecule has 0 amide bonds. The van der Waals surface area contributed by atoms with Gasteiger partial charge in [0.25, 0.3) is 5.69 Å². The zero-order valence-corrected chi connectivity index (χ0v) is 9.61. The molecule has 0 fully saturated rings. The molecule has 1 aromatic heterocycles. The SMILES string of the molecule is N=C(N)c1ccnc(Oc2cccc([N+](=O)[O-])c2)n1. The van der Waals surface area contributed by atoms with Crippen LogP contribution in [0.2, 0.25) is 0 Å². The van der Waals surface area contributed by atoms with Gasteiger partial charge in [-0.15, -0.1) is 0 Å². The van der Waals surface area contributed by atoms with Crippen LogP contribution in [0.25, 0.3) is 0 Å². The Morgan fingerprint density at radius 3 is 2.89 bits per heavy atom. The first-order valence-electron chi connectivity index (χ1n) is 5.16. The van der Waals surface area contributed by atoms with Gasteiger partial charge in [0, 0.05) is 12.3 Å². The lowest BCUT2D eigenvalue weighted by molar-refractivity contribution is -0.384. The molecule has 0 atom stereocenters. The molecule has 0 bridgehead atoms. The first kappa shape index (κ1) is 12.4. The number of nitrogens with zero attached hydrogens (tertiary/aromatic N) is 3. The molecule has 8 nitrogen and oxygen atoms in total. The summed E-state index contributed by atoms with van der Waals surface area (Å²) in [7, 11) is 0. The lowest BCUT2D eigenvalue weighted by atomic mass is 10.3. The van der Waals surface area contributed by atoms with E-state index in [4.69, 9.17) is 15.9 Å². The van der Waals surface area contributed by atoms with Gasteiger partial charge in [-0.05, 0) is 12.1 Å². The van der Waals surface area contributed by atoms with Crippen molar-refractivity contribution < 1.29 is 9.66 Å². The second-order valence-electron chi connectivity index (χ2n) is 3.49. The Morgan fingerprint density at radius 1 is 1.42 bits per heavy atom. The molecule has 3 N–H and O–H groups in total. The van der Waals surface area contributed by atoms with Crippen molar-refractivity contribution in [3.8, 4) is 11.8 Å². The minimum Gasteiger partial charge on any atom is -0.424 e. The summed E-state index contributed by atoms with van der Waals surface area (Å²) in [5.41, 5.74) is 5.41. The summed E-state index contributed by atoms with van der Waals surface area (Å²) in [6.07, 6.45) is 1.39. The summed E-state index contributed by atoms with van der Waals surface area (Å²) >= 11 is 0. The van der Waals surface area contributed by atoms with Crippen molar-refractivity contribution in [3.63, 3.8) is 0 Å². The van der Waals surface area contributed by atoms with Gasteiger partial charge in [-0.2, -0.15) is 4.98 Å². The summed E-state index contributed by atoms with van der Waals surface area (Å²) < 4.78 is 5.28. The molecule has 1 aromatic carbocycles. The Kier molecular flexibility index (Phi) is 3.33. The molecule has 0 aliphatic carbocycles. The molecule has 0 spiro atoms.